The minimum atomic E-state index is -0.635. The van der Waals surface area contributed by atoms with Crippen LogP contribution in [0.4, 0.5) is 0 Å². The summed E-state index contributed by atoms with van der Waals surface area (Å²) in [6.45, 7) is 13.2. The molecule has 0 N–H and O–H groups in total. The first kappa shape index (κ1) is 17.9. The first-order valence-corrected chi connectivity index (χ1v) is 6.66. The molecule has 0 aromatic carbocycles. The third kappa shape index (κ3) is 3.94. The highest BCUT2D eigenvalue weighted by Crippen LogP contribution is 1.78. The zero-order valence-corrected chi connectivity index (χ0v) is 12.5. The minimum absolute atomic E-state index is 0.0785. The van der Waals surface area contributed by atoms with Gasteiger partial charge in [-0.25, -0.2) is 28.1 Å². The van der Waals surface area contributed by atoms with Gasteiger partial charge in [-0.2, -0.15) is 0 Å². The van der Waals surface area contributed by atoms with E-state index in [1.54, 1.807) is 6.92 Å². The Kier molecular flexibility index (Phi) is 7.96. The van der Waals surface area contributed by atoms with Gasteiger partial charge < -0.3 is 0 Å². The van der Waals surface area contributed by atoms with Crippen molar-refractivity contribution in [2.24, 2.45) is 0 Å². The highest BCUT2D eigenvalue weighted by molar-refractivity contribution is 4.84. The Morgan fingerprint density at radius 2 is 1.10 bits per heavy atom. The smallest absolute Gasteiger partial charge is 0.247 e. The van der Waals surface area contributed by atoms with Gasteiger partial charge in [0.2, 0.25) is 0 Å². The second-order valence-corrected chi connectivity index (χ2v) is 4.10. The summed E-state index contributed by atoms with van der Waals surface area (Å²) in [5, 5.41) is 0. The molecular weight excluding hydrogens is 258 g/mol. The van der Waals surface area contributed by atoms with Crippen LogP contribution in [0.25, 0.3) is 0 Å². The van der Waals surface area contributed by atoms with Gasteiger partial charge in [0, 0.05) is 6.54 Å². The van der Waals surface area contributed by atoms with E-state index < -0.39 is 17.1 Å². The summed E-state index contributed by atoms with van der Waals surface area (Å²) in [7, 11) is 0. The van der Waals surface area contributed by atoms with Crippen LogP contribution in [0.5, 0.6) is 0 Å². The van der Waals surface area contributed by atoms with Crippen LogP contribution >= 0.6 is 0 Å². The van der Waals surface area contributed by atoms with Gasteiger partial charge in [-0.05, 0) is 6.92 Å². The van der Waals surface area contributed by atoms with E-state index >= 15 is 0 Å². The lowest BCUT2D eigenvalue weighted by atomic mass is 10.5. The zero-order chi connectivity index (χ0) is 15.7. The van der Waals surface area contributed by atoms with Gasteiger partial charge in [0.05, 0.1) is 13.1 Å². The Bertz CT molecular complexity index is 572. The molecule has 0 aliphatic carbocycles. The Morgan fingerprint density at radius 1 is 0.800 bits per heavy atom. The van der Waals surface area contributed by atoms with Crippen LogP contribution in [0, 0.1) is 0 Å². The van der Waals surface area contributed by atoms with Crippen LogP contribution in [0.2, 0.25) is 0 Å². The third-order valence-corrected chi connectivity index (χ3v) is 2.32. The fourth-order valence-electron chi connectivity index (χ4n) is 1.52. The monoisotopic (exact) mass is 281 g/mol. The van der Waals surface area contributed by atoms with Crippen molar-refractivity contribution in [1.82, 2.24) is 13.7 Å². The maximum absolute atomic E-state index is 11.9. The second-order valence-electron chi connectivity index (χ2n) is 4.10. The average Bonchev–Trinajstić information content (AvgIpc) is 2.41. The summed E-state index contributed by atoms with van der Waals surface area (Å²) in [6, 6.07) is 0. The van der Waals surface area contributed by atoms with Crippen molar-refractivity contribution in [3.05, 3.63) is 56.8 Å². The fourth-order valence-corrected chi connectivity index (χ4v) is 1.52. The molecule has 0 bridgehead atoms. The maximum atomic E-state index is 11.9. The lowest BCUT2D eigenvalue weighted by molar-refractivity contribution is 0.491. The number of hydrogen-bond acceptors (Lipinski definition) is 3. The van der Waals surface area contributed by atoms with Gasteiger partial charge in [-0.15, -0.1) is 13.2 Å². The first-order valence-electron chi connectivity index (χ1n) is 6.66. The molecule has 0 spiro atoms. The fraction of sp³-hybridized carbons (Fsp3) is 0.500. The molecule has 0 radical (unpaired) electrons. The molecule has 1 aromatic rings. The van der Waals surface area contributed by atoms with Gasteiger partial charge in [-0.3, -0.25) is 0 Å². The number of allylic oxidation sites excluding steroid dienone is 2. The normalized spacial score (nSPS) is 9.55. The molecule has 0 aliphatic rings. The van der Waals surface area contributed by atoms with Crippen molar-refractivity contribution in [3.8, 4) is 0 Å². The van der Waals surface area contributed by atoms with Crippen molar-refractivity contribution >= 4 is 0 Å². The molecule has 1 rings (SSSR count). The maximum Gasteiger partial charge on any atom is 0.336 e. The molecule has 0 saturated heterocycles. The summed E-state index contributed by atoms with van der Waals surface area (Å²) in [5.74, 6) is 0. The van der Waals surface area contributed by atoms with Gasteiger partial charge in [0.1, 0.15) is 0 Å². The molecule has 0 fully saturated rings. The molecule has 0 aliphatic heterocycles. The molecule has 0 atom stereocenters. The van der Waals surface area contributed by atoms with Gasteiger partial charge >= 0.3 is 17.1 Å². The molecule has 6 heteroatoms. The zero-order valence-electron chi connectivity index (χ0n) is 12.5. The predicted octanol–water partition coefficient (Wildman–Crippen LogP) is 0.980. The van der Waals surface area contributed by atoms with Gasteiger partial charge in [-0.1, -0.05) is 32.4 Å². The predicted molar refractivity (Wildman–Crippen MR) is 81.3 cm³/mol. The van der Waals surface area contributed by atoms with Crippen molar-refractivity contribution in [1.29, 1.82) is 0 Å². The molecule has 0 unspecified atom stereocenters. The standard InChI is InChI=1S/C11H15N3O3.C3H8/c1-4-7-13-9(15)12(6-3)10(16)14(8-5-2)11(13)17;1-3-2/h4-5H,1-2,6-8H2,3H3;3H2,1-2H3. The van der Waals surface area contributed by atoms with Gasteiger partial charge in [0.25, 0.3) is 0 Å². The molecule has 112 valence electrons. The van der Waals surface area contributed by atoms with Gasteiger partial charge in [0.15, 0.2) is 0 Å². The topological polar surface area (TPSA) is 66.0 Å². The molecule has 1 heterocycles. The van der Waals surface area contributed by atoms with Crippen LogP contribution in [0.15, 0.2) is 39.7 Å². The molecule has 0 saturated carbocycles. The minimum Gasteiger partial charge on any atom is -0.247 e. The number of aromatic nitrogens is 3. The Balaban J connectivity index is 0.00000110. The summed E-state index contributed by atoms with van der Waals surface area (Å²) in [4.78, 5) is 35.5. The summed E-state index contributed by atoms with van der Waals surface area (Å²) >= 11 is 0. The van der Waals surface area contributed by atoms with Crippen LogP contribution in [0.1, 0.15) is 27.2 Å². The summed E-state index contributed by atoms with van der Waals surface area (Å²) < 4.78 is 2.96. The largest absolute Gasteiger partial charge is 0.336 e. The quantitative estimate of drug-likeness (QED) is 0.756. The van der Waals surface area contributed by atoms with Crippen LogP contribution in [-0.4, -0.2) is 13.7 Å². The molecular formula is C14H23N3O3. The Hall–Kier alpha value is -2.11. The SMILES string of the molecule is C=CCn1c(=O)n(CC)c(=O)n(CC=C)c1=O.CCC. The third-order valence-electron chi connectivity index (χ3n) is 2.32. The van der Waals surface area contributed by atoms with E-state index in [-0.39, 0.29) is 19.6 Å². The highest BCUT2D eigenvalue weighted by atomic mass is 16.2. The molecule has 0 amide bonds. The van der Waals surface area contributed by atoms with E-state index in [2.05, 4.69) is 27.0 Å². The molecule has 1 aromatic heterocycles. The van der Waals surface area contributed by atoms with E-state index in [1.165, 1.54) is 18.6 Å². The summed E-state index contributed by atoms with van der Waals surface area (Å²) in [5.41, 5.74) is -1.85. The summed E-state index contributed by atoms with van der Waals surface area (Å²) in [6.07, 6.45) is 4.12. The Morgan fingerprint density at radius 3 is 1.35 bits per heavy atom. The average molecular weight is 281 g/mol. The molecule has 6 nitrogen and oxygen atoms in total. The van der Waals surface area contributed by atoms with Crippen LogP contribution in [0.3, 0.4) is 0 Å². The van der Waals surface area contributed by atoms with E-state index in [0.717, 1.165) is 13.7 Å². The highest BCUT2D eigenvalue weighted by Gasteiger charge is 2.12. The number of hydrogen-bond donors (Lipinski definition) is 0. The Labute approximate surface area is 118 Å². The van der Waals surface area contributed by atoms with Crippen LogP contribution < -0.4 is 17.1 Å². The second kappa shape index (κ2) is 8.90. The molecule has 20 heavy (non-hydrogen) atoms. The number of nitrogens with zero attached hydrogens (tertiary/aromatic N) is 3. The van der Waals surface area contributed by atoms with Crippen molar-refractivity contribution in [3.63, 3.8) is 0 Å². The van der Waals surface area contributed by atoms with Crippen molar-refractivity contribution < 1.29 is 0 Å². The van der Waals surface area contributed by atoms with E-state index in [4.69, 9.17) is 0 Å². The lowest BCUT2D eigenvalue weighted by Gasteiger charge is -2.10. The van der Waals surface area contributed by atoms with E-state index in [0.29, 0.717) is 0 Å². The number of rotatable bonds is 5. The van der Waals surface area contributed by atoms with Crippen LogP contribution in [-0.2, 0) is 19.6 Å². The van der Waals surface area contributed by atoms with E-state index in [9.17, 15) is 14.4 Å². The first-order chi connectivity index (χ1) is 9.49. The lowest BCUT2D eigenvalue weighted by Crippen LogP contribution is -2.54. The van der Waals surface area contributed by atoms with E-state index in [1.807, 2.05) is 0 Å². The van der Waals surface area contributed by atoms with Crippen molar-refractivity contribution in [2.45, 2.75) is 46.8 Å². The van der Waals surface area contributed by atoms with Crippen molar-refractivity contribution in [2.75, 3.05) is 0 Å².